The van der Waals surface area contributed by atoms with Crippen molar-refractivity contribution < 1.29 is 9.53 Å². The van der Waals surface area contributed by atoms with Crippen molar-refractivity contribution >= 4 is 5.97 Å². The van der Waals surface area contributed by atoms with Gasteiger partial charge in [-0.15, -0.1) is 0 Å². The molecule has 0 bridgehead atoms. The number of imidazole rings is 1. The van der Waals surface area contributed by atoms with Crippen LogP contribution in [-0.2, 0) is 11.8 Å². The molecule has 1 heterocycles. The van der Waals surface area contributed by atoms with E-state index in [-0.39, 0.29) is 23.3 Å². The number of rotatable bonds is 6. The average molecular weight is 390 g/mol. The van der Waals surface area contributed by atoms with Crippen LogP contribution in [0.1, 0.15) is 63.3 Å². The van der Waals surface area contributed by atoms with Crippen LogP contribution < -0.4 is 4.74 Å². The topological polar surface area (TPSA) is 91.7 Å². The molecule has 29 heavy (non-hydrogen) atoms. The first-order chi connectivity index (χ1) is 14.1. The molecule has 1 fully saturated rings. The molecular weight excluding hydrogens is 364 g/mol. The van der Waals surface area contributed by atoms with Crippen molar-refractivity contribution in [3.05, 3.63) is 35.7 Å². The monoisotopic (exact) mass is 390 g/mol. The number of unbranched alkanes of at least 4 members (excludes halogenated alkanes) is 1. The molecule has 0 spiro atoms. The molecule has 0 saturated heterocycles. The Kier molecular flexibility index (Phi) is 6.67. The summed E-state index contributed by atoms with van der Waals surface area (Å²) < 4.78 is 7.19. The summed E-state index contributed by atoms with van der Waals surface area (Å²) in [5, 5.41) is 18.3. The summed E-state index contributed by atoms with van der Waals surface area (Å²) in [5.74, 6) is 1.62. The van der Waals surface area contributed by atoms with Gasteiger partial charge in [-0.25, -0.2) is 4.98 Å². The molecule has 1 aromatic heterocycles. The Balaban J connectivity index is 1.62. The fraction of sp³-hybridized carbons (Fsp3) is 0.478. The zero-order valence-corrected chi connectivity index (χ0v) is 17.0. The number of nitrogens with zero attached hydrogens (tertiary/aromatic N) is 4. The predicted octanol–water partition coefficient (Wildman–Crippen LogP) is 4.73. The van der Waals surface area contributed by atoms with Crippen LogP contribution in [0.5, 0.6) is 5.75 Å². The molecule has 150 valence electrons. The predicted molar refractivity (Wildman–Crippen MR) is 109 cm³/mol. The SMILES string of the molecule is CCCCC1CCC(C(=O)Oc2ccc(-c3nc(C#N)c(C#N)n3C)cc2)CC1. The van der Waals surface area contributed by atoms with E-state index in [4.69, 9.17) is 10.00 Å². The zero-order chi connectivity index (χ0) is 20.8. The molecule has 1 saturated carbocycles. The average Bonchev–Trinajstić information content (AvgIpc) is 3.08. The first kappa shape index (κ1) is 20.6. The highest BCUT2D eigenvalue weighted by molar-refractivity contribution is 5.75. The second kappa shape index (κ2) is 9.39. The number of aromatic nitrogens is 2. The number of carbonyl (C=O) groups excluding carboxylic acids is 1. The van der Waals surface area contributed by atoms with Crippen molar-refractivity contribution in [3.63, 3.8) is 0 Å². The third kappa shape index (κ3) is 4.66. The van der Waals surface area contributed by atoms with E-state index in [9.17, 15) is 10.1 Å². The molecule has 1 aromatic carbocycles. The van der Waals surface area contributed by atoms with Crippen LogP contribution in [0, 0.1) is 34.5 Å². The molecule has 0 N–H and O–H groups in total. The van der Waals surface area contributed by atoms with Crippen molar-refractivity contribution in [2.75, 3.05) is 0 Å². The normalized spacial score (nSPS) is 18.6. The smallest absolute Gasteiger partial charge is 0.314 e. The van der Waals surface area contributed by atoms with Crippen molar-refractivity contribution in [2.24, 2.45) is 18.9 Å². The number of benzene rings is 1. The lowest BCUT2D eigenvalue weighted by atomic mass is 9.80. The summed E-state index contributed by atoms with van der Waals surface area (Å²) in [5.41, 5.74) is 1.09. The third-order valence-electron chi connectivity index (χ3n) is 5.78. The Hall–Kier alpha value is -3.12. The molecule has 1 aliphatic carbocycles. The Morgan fingerprint density at radius 2 is 1.86 bits per heavy atom. The Morgan fingerprint density at radius 3 is 2.41 bits per heavy atom. The highest BCUT2D eigenvalue weighted by atomic mass is 16.5. The third-order valence-corrected chi connectivity index (χ3v) is 5.78. The fourth-order valence-electron chi connectivity index (χ4n) is 4.01. The van der Waals surface area contributed by atoms with Gasteiger partial charge in [0.05, 0.1) is 5.92 Å². The van der Waals surface area contributed by atoms with Gasteiger partial charge in [0.1, 0.15) is 23.7 Å². The lowest BCUT2D eigenvalue weighted by molar-refractivity contribution is -0.140. The van der Waals surface area contributed by atoms with Gasteiger partial charge in [-0.05, 0) is 55.9 Å². The van der Waals surface area contributed by atoms with Crippen molar-refractivity contribution in [2.45, 2.75) is 51.9 Å². The molecular formula is C23H26N4O2. The van der Waals surface area contributed by atoms with Crippen molar-refractivity contribution in [1.82, 2.24) is 9.55 Å². The number of nitriles is 2. The maximum Gasteiger partial charge on any atom is 0.314 e. The van der Waals surface area contributed by atoms with Gasteiger partial charge < -0.3 is 9.30 Å². The molecule has 0 radical (unpaired) electrons. The Bertz CT molecular complexity index is 939. The van der Waals surface area contributed by atoms with Gasteiger partial charge in [0.2, 0.25) is 0 Å². The molecule has 2 aromatic rings. The summed E-state index contributed by atoms with van der Waals surface area (Å²) in [7, 11) is 1.70. The van der Waals surface area contributed by atoms with Crippen LogP contribution in [0.4, 0.5) is 0 Å². The van der Waals surface area contributed by atoms with Gasteiger partial charge in [-0.2, -0.15) is 10.5 Å². The van der Waals surface area contributed by atoms with E-state index in [0.717, 1.165) is 37.2 Å². The van der Waals surface area contributed by atoms with Gasteiger partial charge in [0, 0.05) is 12.6 Å². The molecule has 0 unspecified atom stereocenters. The van der Waals surface area contributed by atoms with E-state index in [1.807, 2.05) is 12.1 Å². The first-order valence-electron chi connectivity index (χ1n) is 10.3. The van der Waals surface area contributed by atoms with E-state index >= 15 is 0 Å². The van der Waals surface area contributed by atoms with Gasteiger partial charge in [-0.1, -0.05) is 26.2 Å². The van der Waals surface area contributed by atoms with Gasteiger partial charge in [-0.3, -0.25) is 4.79 Å². The van der Waals surface area contributed by atoms with Crippen LogP contribution >= 0.6 is 0 Å². The standard InChI is InChI=1S/C23H26N4O2/c1-3-4-5-16-6-8-18(9-7-16)23(28)29-19-12-10-17(11-13-19)22-26-20(14-24)21(15-25)27(22)2/h10-13,16,18H,3-9H2,1-2H3. The highest BCUT2D eigenvalue weighted by Gasteiger charge is 2.27. The summed E-state index contributed by atoms with van der Waals surface area (Å²) in [6.07, 6.45) is 7.81. The van der Waals surface area contributed by atoms with E-state index in [1.54, 1.807) is 35.9 Å². The summed E-state index contributed by atoms with van der Waals surface area (Å²) in [6, 6.07) is 11.0. The summed E-state index contributed by atoms with van der Waals surface area (Å²) in [6.45, 7) is 2.22. The van der Waals surface area contributed by atoms with Crippen molar-refractivity contribution in [3.8, 4) is 29.3 Å². The Labute approximate surface area is 171 Å². The number of ether oxygens (including phenoxy) is 1. The quantitative estimate of drug-likeness (QED) is 0.525. The number of hydrogen-bond acceptors (Lipinski definition) is 5. The van der Waals surface area contributed by atoms with Crippen molar-refractivity contribution in [1.29, 1.82) is 10.5 Å². The molecule has 6 nitrogen and oxygen atoms in total. The summed E-state index contributed by atoms with van der Waals surface area (Å²) >= 11 is 0. The van der Waals surface area contributed by atoms with Crippen LogP contribution in [0.2, 0.25) is 0 Å². The first-order valence-corrected chi connectivity index (χ1v) is 10.3. The van der Waals surface area contributed by atoms with E-state index in [1.165, 1.54) is 19.3 Å². The van der Waals surface area contributed by atoms with Gasteiger partial charge in [0.25, 0.3) is 0 Å². The maximum absolute atomic E-state index is 12.5. The number of carbonyl (C=O) groups is 1. The lowest BCUT2D eigenvalue weighted by Gasteiger charge is -2.27. The van der Waals surface area contributed by atoms with E-state index in [0.29, 0.717) is 11.6 Å². The molecule has 0 amide bonds. The molecule has 3 rings (SSSR count). The van der Waals surface area contributed by atoms with E-state index < -0.39 is 0 Å². The molecule has 1 aliphatic rings. The van der Waals surface area contributed by atoms with Gasteiger partial charge >= 0.3 is 5.97 Å². The largest absolute Gasteiger partial charge is 0.426 e. The van der Waals surface area contributed by atoms with Crippen LogP contribution in [0.15, 0.2) is 24.3 Å². The molecule has 0 atom stereocenters. The second-order valence-electron chi connectivity index (χ2n) is 7.72. The maximum atomic E-state index is 12.5. The number of hydrogen-bond donors (Lipinski definition) is 0. The Morgan fingerprint density at radius 1 is 1.17 bits per heavy atom. The molecule has 0 aliphatic heterocycles. The molecule has 6 heteroatoms. The lowest BCUT2D eigenvalue weighted by Crippen LogP contribution is -2.25. The fourth-order valence-corrected chi connectivity index (χ4v) is 4.01. The van der Waals surface area contributed by atoms with Crippen LogP contribution in [0.3, 0.4) is 0 Å². The number of esters is 1. The second-order valence-corrected chi connectivity index (χ2v) is 7.72. The minimum Gasteiger partial charge on any atom is -0.426 e. The minimum absolute atomic E-state index is 0.0153. The van der Waals surface area contributed by atoms with E-state index in [2.05, 4.69) is 11.9 Å². The van der Waals surface area contributed by atoms with Crippen LogP contribution in [-0.4, -0.2) is 15.5 Å². The summed E-state index contributed by atoms with van der Waals surface area (Å²) in [4.78, 5) is 16.7. The minimum atomic E-state index is -0.151. The highest BCUT2D eigenvalue weighted by Crippen LogP contribution is 2.33. The van der Waals surface area contributed by atoms with Gasteiger partial charge in [0.15, 0.2) is 11.4 Å². The zero-order valence-electron chi connectivity index (χ0n) is 17.0. The van der Waals surface area contributed by atoms with Crippen LogP contribution in [0.25, 0.3) is 11.4 Å².